The molecule has 4 heteroatoms. The number of fused-ring (bicyclic) bond motifs is 1. The summed E-state index contributed by atoms with van der Waals surface area (Å²) in [5, 5.41) is 3.25. The third-order valence-electron chi connectivity index (χ3n) is 3.30. The molecule has 104 valence electrons. The summed E-state index contributed by atoms with van der Waals surface area (Å²) in [4.78, 5) is 11.9. The Balaban J connectivity index is 2.15. The lowest BCUT2D eigenvalue weighted by atomic mass is 10.1. The van der Waals surface area contributed by atoms with Gasteiger partial charge in [-0.25, -0.2) is 0 Å². The molecule has 1 atom stereocenters. The highest BCUT2D eigenvalue weighted by atomic mass is 16.6. The van der Waals surface area contributed by atoms with Crippen LogP contribution in [0.4, 0.5) is 5.69 Å². The van der Waals surface area contributed by atoms with E-state index in [1.165, 1.54) is 0 Å². The first kappa shape index (κ1) is 13.7. The minimum absolute atomic E-state index is 0.198. The predicted molar refractivity (Wildman–Crippen MR) is 74.9 cm³/mol. The molecule has 0 bridgehead atoms. The SMILES string of the molecule is CCC(C)CC(=O)Oc1cc(C)cc2c1OCCN2. The predicted octanol–water partition coefficient (Wildman–Crippen LogP) is 3.14. The standard InChI is InChI=1S/C15H21NO3/c1-4-10(2)9-14(17)19-13-8-11(3)7-12-15(13)18-6-5-16-12/h7-8,10,16H,4-6,9H2,1-3H3. The van der Waals surface area contributed by atoms with Gasteiger partial charge in [0.2, 0.25) is 0 Å². The number of carbonyl (C=O) groups excluding carboxylic acids is 1. The fourth-order valence-electron chi connectivity index (χ4n) is 2.03. The number of hydrogen-bond donors (Lipinski definition) is 1. The molecule has 0 amide bonds. The summed E-state index contributed by atoms with van der Waals surface area (Å²) in [5.41, 5.74) is 1.95. The number of ether oxygens (including phenoxy) is 2. The first-order valence-corrected chi connectivity index (χ1v) is 6.82. The average molecular weight is 263 g/mol. The highest BCUT2D eigenvalue weighted by Gasteiger charge is 2.19. The van der Waals surface area contributed by atoms with E-state index in [1.54, 1.807) is 0 Å². The van der Waals surface area contributed by atoms with Gasteiger partial charge in [-0.2, -0.15) is 0 Å². The maximum atomic E-state index is 11.9. The van der Waals surface area contributed by atoms with Crippen LogP contribution >= 0.6 is 0 Å². The van der Waals surface area contributed by atoms with Crippen molar-refractivity contribution in [1.29, 1.82) is 0 Å². The van der Waals surface area contributed by atoms with Gasteiger partial charge in [0.25, 0.3) is 0 Å². The maximum Gasteiger partial charge on any atom is 0.311 e. The van der Waals surface area contributed by atoms with Crippen LogP contribution in [0.2, 0.25) is 0 Å². The topological polar surface area (TPSA) is 47.6 Å². The smallest absolute Gasteiger partial charge is 0.311 e. The zero-order valence-electron chi connectivity index (χ0n) is 11.8. The first-order valence-electron chi connectivity index (χ1n) is 6.82. The van der Waals surface area contributed by atoms with Crippen LogP contribution in [0.5, 0.6) is 11.5 Å². The van der Waals surface area contributed by atoms with Crippen molar-refractivity contribution < 1.29 is 14.3 Å². The van der Waals surface area contributed by atoms with E-state index >= 15 is 0 Å². The molecule has 1 aliphatic heterocycles. The number of nitrogens with one attached hydrogen (secondary N) is 1. The fraction of sp³-hybridized carbons (Fsp3) is 0.533. The van der Waals surface area contributed by atoms with E-state index in [4.69, 9.17) is 9.47 Å². The lowest BCUT2D eigenvalue weighted by Crippen LogP contribution is -2.20. The Bertz CT molecular complexity index is 471. The van der Waals surface area contributed by atoms with Gasteiger partial charge in [0.1, 0.15) is 6.61 Å². The zero-order valence-corrected chi connectivity index (χ0v) is 11.8. The molecule has 1 heterocycles. The van der Waals surface area contributed by atoms with Crippen LogP contribution in [0.25, 0.3) is 0 Å². The van der Waals surface area contributed by atoms with Crippen LogP contribution in [-0.2, 0) is 4.79 Å². The van der Waals surface area contributed by atoms with Gasteiger partial charge in [-0.05, 0) is 30.5 Å². The quantitative estimate of drug-likeness (QED) is 0.669. The summed E-state index contributed by atoms with van der Waals surface area (Å²) in [6.45, 7) is 7.45. The molecule has 1 unspecified atom stereocenters. The molecule has 1 aliphatic rings. The van der Waals surface area contributed by atoms with Gasteiger partial charge in [-0.15, -0.1) is 0 Å². The molecule has 1 aromatic carbocycles. The largest absolute Gasteiger partial charge is 0.486 e. The second-order valence-corrected chi connectivity index (χ2v) is 5.11. The second kappa shape index (κ2) is 5.95. The minimum Gasteiger partial charge on any atom is -0.486 e. The number of carbonyl (C=O) groups is 1. The summed E-state index contributed by atoms with van der Waals surface area (Å²) in [6.07, 6.45) is 1.41. The highest BCUT2D eigenvalue weighted by molar-refractivity contribution is 5.76. The van der Waals surface area contributed by atoms with Crippen molar-refractivity contribution in [2.75, 3.05) is 18.5 Å². The molecule has 0 spiro atoms. The Kier molecular flexibility index (Phi) is 4.30. The Labute approximate surface area is 114 Å². The van der Waals surface area contributed by atoms with Crippen LogP contribution in [0, 0.1) is 12.8 Å². The second-order valence-electron chi connectivity index (χ2n) is 5.11. The van der Waals surface area contributed by atoms with E-state index in [0.717, 1.165) is 24.2 Å². The van der Waals surface area contributed by atoms with Crippen LogP contribution in [-0.4, -0.2) is 19.1 Å². The molecule has 1 N–H and O–H groups in total. The van der Waals surface area contributed by atoms with Crippen molar-refractivity contribution in [3.8, 4) is 11.5 Å². The van der Waals surface area contributed by atoms with E-state index in [9.17, 15) is 4.79 Å². The number of hydrogen-bond acceptors (Lipinski definition) is 4. The van der Waals surface area contributed by atoms with Crippen molar-refractivity contribution >= 4 is 11.7 Å². The van der Waals surface area contributed by atoms with Gasteiger partial charge < -0.3 is 14.8 Å². The summed E-state index contributed by atoms with van der Waals surface area (Å²) in [6, 6.07) is 3.85. The summed E-state index contributed by atoms with van der Waals surface area (Å²) in [5.74, 6) is 1.31. The maximum absolute atomic E-state index is 11.9. The van der Waals surface area contributed by atoms with Crippen molar-refractivity contribution in [3.63, 3.8) is 0 Å². The molecule has 2 rings (SSSR count). The Morgan fingerprint density at radius 3 is 3.05 bits per heavy atom. The molecule has 0 saturated carbocycles. The number of anilines is 1. The molecule has 0 fully saturated rings. The van der Waals surface area contributed by atoms with E-state index in [2.05, 4.69) is 12.2 Å². The normalized spacial score (nSPS) is 14.9. The van der Waals surface area contributed by atoms with Crippen LogP contribution in [0.3, 0.4) is 0 Å². The lowest BCUT2D eigenvalue weighted by molar-refractivity contribution is -0.135. The molecule has 19 heavy (non-hydrogen) atoms. The molecule has 1 aromatic rings. The fourth-order valence-corrected chi connectivity index (χ4v) is 2.03. The number of rotatable bonds is 4. The first-order chi connectivity index (χ1) is 9.10. The molecule has 0 saturated heterocycles. The number of esters is 1. The van der Waals surface area contributed by atoms with Crippen molar-refractivity contribution in [2.24, 2.45) is 5.92 Å². The zero-order chi connectivity index (χ0) is 13.8. The Hall–Kier alpha value is -1.71. The van der Waals surface area contributed by atoms with Gasteiger partial charge in [0.05, 0.1) is 5.69 Å². The van der Waals surface area contributed by atoms with Crippen LogP contribution in [0.15, 0.2) is 12.1 Å². The van der Waals surface area contributed by atoms with E-state index < -0.39 is 0 Å². The monoisotopic (exact) mass is 263 g/mol. The van der Waals surface area contributed by atoms with Gasteiger partial charge in [0, 0.05) is 13.0 Å². The van der Waals surface area contributed by atoms with Gasteiger partial charge in [-0.3, -0.25) is 4.79 Å². The Morgan fingerprint density at radius 1 is 1.53 bits per heavy atom. The summed E-state index contributed by atoms with van der Waals surface area (Å²) < 4.78 is 11.1. The molecular formula is C15H21NO3. The van der Waals surface area contributed by atoms with Gasteiger partial charge in [0.15, 0.2) is 11.5 Å². The summed E-state index contributed by atoms with van der Waals surface area (Å²) >= 11 is 0. The molecule has 0 radical (unpaired) electrons. The van der Waals surface area contributed by atoms with Crippen molar-refractivity contribution in [1.82, 2.24) is 0 Å². The van der Waals surface area contributed by atoms with Crippen molar-refractivity contribution in [2.45, 2.75) is 33.6 Å². The van der Waals surface area contributed by atoms with Crippen LogP contribution in [0.1, 0.15) is 32.3 Å². The average Bonchev–Trinajstić information content (AvgIpc) is 2.38. The van der Waals surface area contributed by atoms with Gasteiger partial charge in [-0.1, -0.05) is 20.3 Å². The number of benzene rings is 1. The molecule has 0 aromatic heterocycles. The van der Waals surface area contributed by atoms with Crippen molar-refractivity contribution in [3.05, 3.63) is 17.7 Å². The molecule has 0 aliphatic carbocycles. The lowest BCUT2D eigenvalue weighted by Gasteiger charge is -2.22. The van der Waals surface area contributed by atoms with Gasteiger partial charge >= 0.3 is 5.97 Å². The van der Waals surface area contributed by atoms with E-state index in [1.807, 2.05) is 26.0 Å². The number of aryl methyl sites for hydroxylation is 1. The van der Waals surface area contributed by atoms with Crippen LogP contribution < -0.4 is 14.8 Å². The molecular weight excluding hydrogens is 242 g/mol. The third-order valence-corrected chi connectivity index (χ3v) is 3.30. The third kappa shape index (κ3) is 3.40. The highest BCUT2D eigenvalue weighted by Crippen LogP contribution is 2.38. The summed E-state index contributed by atoms with van der Waals surface area (Å²) in [7, 11) is 0. The Morgan fingerprint density at radius 2 is 2.32 bits per heavy atom. The molecule has 4 nitrogen and oxygen atoms in total. The minimum atomic E-state index is -0.198. The van der Waals surface area contributed by atoms with E-state index in [-0.39, 0.29) is 5.97 Å². The van der Waals surface area contributed by atoms with E-state index in [0.29, 0.717) is 30.4 Å².